The van der Waals surface area contributed by atoms with Gasteiger partial charge in [0.15, 0.2) is 0 Å². The van der Waals surface area contributed by atoms with E-state index in [0.717, 1.165) is 12.2 Å². The molecule has 1 aliphatic carbocycles. The van der Waals surface area contributed by atoms with Gasteiger partial charge in [-0.15, -0.1) is 0 Å². The maximum absolute atomic E-state index is 10.6. The maximum atomic E-state index is 10.6. The van der Waals surface area contributed by atoms with Crippen molar-refractivity contribution in [3.05, 3.63) is 28.3 Å². The Bertz CT molecular complexity index is 509. The predicted molar refractivity (Wildman–Crippen MR) is 77.1 cm³/mol. The number of nitrogens with one attached hydrogen (secondary N) is 1. The highest BCUT2D eigenvalue weighted by Gasteiger charge is 2.64. The summed E-state index contributed by atoms with van der Waals surface area (Å²) < 4.78 is 0. The molecular weight excluding hydrogens is 242 g/mol. The summed E-state index contributed by atoms with van der Waals surface area (Å²) in [5.74, 6) is 0.578. The van der Waals surface area contributed by atoms with Crippen molar-refractivity contribution in [2.45, 2.75) is 27.7 Å². The molecule has 5 heteroatoms. The van der Waals surface area contributed by atoms with Crippen LogP contribution in [0, 0.1) is 26.9 Å². The van der Waals surface area contributed by atoms with Crippen molar-refractivity contribution in [2.75, 3.05) is 17.6 Å². The molecule has 0 radical (unpaired) electrons. The van der Waals surface area contributed by atoms with Crippen molar-refractivity contribution in [1.29, 1.82) is 0 Å². The van der Waals surface area contributed by atoms with Crippen molar-refractivity contribution >= 4 is 17.1 Å². The molecule has 0 atom stereocenters. The van der Waals surface area contributed by atoms with E-state index in [-0.39, 0.29) is 5.69 Å². The zero-order valence-corrected chi connectivity index (χ0v) is 11.9. The first-order chi connectivity index (χ1) is 8.68. The second-order valence-electron chi connectivity index (χ2n) is 6.41. The summed E-state index contributed by atoms with van der Waals surface area (Å²) in [5.41, 5.74) is 7.68. The van der Waals surface area contributed by atoms with E-state index in [9.17, 15) is 10.1 Å². The van der Waals surface area contributed by atoms with E-state index in [2.05, 4.69) is 33.0 Å². The number of benzene rings is 1. The van der Waals surface area contributed by atoms with Gasteiger partial charge in [0.1, 0.15) is 0 Å². The molecule has 3 N–H and O–H groups in total. The molecule has 19 heavy (non-hydrogen) atoms. The Morgan fingerprint density at radius 2 is 1.89 bits per heavy atom. The van der Waals surface area contributed by atoms with E-state index in [1.807, 2.05) is 0 Å². The summed E-state index contributed by atoms with van der Waals surface area (Å²) >= 11 is 0. The van der Waals surface area contributed by atoms with Gasteiger partial charge in [0, 0.05) is 18.7 Å². The molecule has 0 aliphatic heterocycles. The van der Waals surface area contributed by atoms with Crippen LogP contribution in [0.4, 0.5) is 17.1 Å². The quantitative estimate of drug-likeness (QED) is 0.496. The monoisotopic (exact) mass is 263 g/mol. The van der Waals surface area contributed by atoms with Gasteiger partial charge in [-0.1, -0.05) is 27.7 Å². The number of anilines is 2. The van der Waals surface area contributed by atoms with Crippen LogP contribution in [0.15, 0.2) is 18.2 Å². The van der Waals surface area contributed by atoms with Gasteiger partial charge in [-0.05, 0) is 22.8 Å². The van der Waals surface area contributed by atoms with Crippen molar-refractivity contribution in [3.63, 3.8) is 0 Å². The highest BCUT2D eigenvalue weighted by atomic mass is 16.6. The normalized spacial score (nSPS) is 20.0. The number of hydrogen-bond acceptors (Lipinski definition) is 4. The molecule has 1 saturated carbocycles. The first kappa shape index (κ1) is 13.6. The average Bonchev–Trinajstić information content (AvgIpc) is 2.68. The summed E-state index contributed by atoms with van der Waals surface area (Å²) in [6.07, 6.45) is 0. The lowest BCUT2D eigenvalue weighted by Crippen LogP contribution is -2.09. The number of non-ortho nitro benzene ring substituents is 1. The zero-order valence-electron chi connectivity index (χ0n) is 11.9. The highest BCUT2D eigenvalue weighted by molar-refractivity contribution is 5.69. The predicted octanol–water partition coefficient (Wildman–Crippen LogP) is 3.27. The molecule has 0 aromatic heterocycles. The third-order valence-corrected chi connectivity index (χ3v) is 5.06. The van der Waals surface area contributed by atoms with Gasteiger partial charge in [-0.3, -0.25) is 10.1 Å². The van der Waals surface area contributed by atoms with Crippen molar-refractivity contribution < 1.29 is 4.92 Å². The van der Waals surface area contributed by atoms with Gasteiger partial charge in [-0.25, -0.2) is 0 Å². The molecule has 1 aliphatic rings. The third kappa shape index (κ3) is 2.13. The zero-order chi connectivity index (χ0) is 14.4. The van der Waals surface area contributed by atoms with Crippen LogP contribution in [0.25, 0.3) is 0 Å². The van der Waals surface area contributed by atoms with Crippen LogP contribution in [0.5, 0.6) is 0 Å². The number of rotatable bonds is 4. The standard InChI is InChI=1S/C14H21N3O2/c1-13(2)12(14(13,3)4)8-16-11-6-5-9(17(18)19)7-10(11)15/h5-7,12,16H,8,15H2,1-4H3. The number of nitrogens with zero attached hydrogens (tertiary/aromatic N) is 1. The molecule has 0 saturated heterocycles. The van der Waals surface area contributed by atoms with E-state index < -0.39 is 4.92 Å². The SMILES string of the molecule is CC1(C)C(CNc2ccc([N+](=O)[O-])cc2N)C1(C)C. The molecule has 1 aromatic rings. The van der Waals surface area contributed by atoms with Crippen molar-refractivity contribution in [1.82, 2.24) is 0 Å². The number of nitro benzene ring substituents is 1. The topological polar surface area (TPSA) is 81.2 Å². The van der Waals surface area contributed by atoms with E-state index >= 15 is 0 Å². The average molecular weight is 263 g/mol. The minimum Gasteiger partial charge on any atom is -0.397 e. The summed E-state index contributed by atoms with van der Waals surface area (Å²) in [7, 11) is 0. The minimum atomic E-state index is -0.437. The summed E-state index contributed by atoms with van der Waals surface area (Å²) in [4.78, 5) is 10.2. The number of nitro groups is 1. The molecule has 1 fully saturated rings. The molecule has 0 bridgehead atoms. The van der Waals surface area contributed by atoms with Crippen LogP contribution in [-0.4, -0.2) is 11.5 Å². The molecule has 0 unspecified atom stereocenters. The van der Waals surface area contributed by atoms with E-state index in [4.69, 9.17) is 5.73 Å². The van der Waals surface area contributed by atoms with Gasteiger partial charge in [0.2, 0.25) is 0 Å². The van der Waals surface area contributed by atoms with Crippen LogP contribution < -0.4 is 11.1 Å². The molecular formula is C14H21N3O2. The lowest BCUT2D eigenvalue weighted by atomic mass is 10.0. The fourth-order valence-electron chi connectivity index (χ4n) is 2.88. The van der Waals surface area contributed by atoms with E-state index in [0.29, 0.717) is 22.4 Å². The second kappa shape index (κ2) is 4.11. The Kier molecular flexibility index (Phi) is 2.96. The molecule has 1 aromatic carbocycles. The Labute approximate surface area is 113 Å². The van der Waals surface area contributed by atoms with E-state index in [1.54, 1.807) is 6.07 Å². The van der Waals surface area contributed by atoms with Gasteiger partial charge >= 0.3 is 0 Å². The fraction of sp³-hybridized carbons (Fsp3) is 0.571. The third-order valence-electron chi connectivity index (χ3n) is 5.06. The number of nitrogens with two attached hydrogens (primary N) is 1. The first-order valence-electron chi connectivity index (χ1n) is 6.45. The molecule has 0 spiro atoms. The minimum absolute atomic E-state index is 0.0233. The van der Waals surface area contributed by atoms with Gasteiger partial charge in [0.25, 0.3) is 5.69 Å². The largest absolute Gasteiger partial charge is 0.397 e. The Morgan fingerprint density at radius 1 is 1.32 bits per heavy atom. The van der Waals surface area contributed by atoms with Gasteiger partial charge < -0.3 is 11.1 Å². The Hall–Kier alpha value is -1.78. The summed E-state index contributed by atoms with van der Waals surface area (Å²) in [6.45, 7) is 9.89. The van der Waals surface area contributed by atoms with Crippen LogP contribution in [0.1, 0.15) is 27.7 Å². The van der Waals surface area contributed by atoms with Gasteiger partial charge in [0.05, 0.1) is 16.3 Å². The van der Waals surface area contributed by atoms with Crippen molar-refractivity contribution in [2.24, 2.45) is 16.7 Å². The fourth-order valence-corrected chi connectivity index (χ4v) is 2.88. The van der Waals surface area contributed by atoms with Crippen LogP contribution in [0.3, 0.4) is 0 Å². The first-order valence-corrected chi connectivity index (χ1v) is 6.45. The molecule has 0 amide bonds. The molecule has 5 nitrogen and oxygen atoms in total. The Balaban J connectivity index is 2.04. The number of hydrogen-bond donors (Lipinski definition) is 2. The Morgan fingerprint density at radius 3 is 2.32 bits per heavy atom. The van der Waals surface area contributed by atoms with Crippen LogP contribution in [0.2, 0.25) is 0 Å². The molecule has 104 valence electrons. The summed E-state index contributed by atoms with van der Waals surface area (Å²) in [5, 5.41) is 13.9. The second-order valence-corrected chi connectivity index (χ2v) is 6.41. The molecule has 2 rings (SSSR count). The smallest absolute Gasteiger partial charge is 0.271 e. The maximum Gasteiger partial charge on any atom is 0.271 e. The van der Waals surface area contributed by atoms with Crippen LogP contribution in [-0.2, 0) is 0 Å². The lowest BCUT2D eigenvalue weighted by Gasteiger charge is -2.10. The lowest BCUT2D eigenvalue weighted by molar-refractivity contribution is -0.384. The van der Waals surface area contributed by atoms with E-state index in [1.165, 1.54) is 12.1 Å². The molecule has 0 heterocycles. The highest BCUT2D eigenvalue weighted by Crippen LogP contribution is 2.68. The number of nitrogen functional groups attached to an aromatic ring is 1. The summed E-state index contributed by atoms with van der Waals surface area (Å²) in [6, 6.07) is 4.54. The van der Waals surface area contributed by atoms with Crippen molar-refractivity contribution in [3.8, 4) is 0 Å². The van der Waals surface area contributed by atoms with Crippen LogP contribution >= 0.6 is 0 Å². The van der Waals surface area contributed by atoms with Gasteiger partial charge in [-0.2, -0.15) is 0 Å².